The van der Waals surface area contributed by atoms with E-state index in [1.807, 2.05) is 0 Å². The highest BCUT2D eigenvalue weighted by Gasteiger charge is 2.11. The van der Waals surface area contributed by atoms with Crippen LogP contribution in [-0.2, 0) is 11.2 Å². The lowest BCUT2D eigenvalue weighted by atomic mass is 10.1. The minimum absolute atomic E-state index is 0.150. The monoisotopic (exact) mass is 328 g/mol. The number of carbonyl (C=O) groups is 2. The van der Waals surface area contributed by atoms with Crippen LogP contribution in [0.4, 0.5) is 5.69 Å². The fraction of sp³-hybridized carbons (Fsp3) is 0.222. The van der Waals surface area contributed by atoms with Crippen molar-refractivity contribution in [2.75, 3.05) is 26.6 Å². The number of benzene rings is 2. The highest BCUT2D eigenvalue weighted by molar-refractivity contribution is 5.96. The van der Waals surface area contributed by atoms with Gasteiger partial charge in [0.25, 0.3) is 5.91 Å². The molecule has 24 heavy (non-hydrogen) atoms. The van der Waals surface area contributed by atoms with Crippen molar-refractivity contribution < 1.29 is 19.1 Å². The van der Waals surface area contributed by atoms with Crippen LogP contribution in [0.25, 0.3) is 0 Å². The minimum Gasteiger partial charge on any atom is -0.497 e. The van der Waals surface area contributed by atoms with Crippen molar-refractivity contribution in [3.63, 3.8) is 0 Å². The van der Waals surface area contributed by atoms with Crippen LogP contribution in [-0.4, -0.2) is 33.1 Å². The fourth-order valence-electron chi connectivity index (χ4n) is 2.25. The molecule has 2 rings (SSSR count). The maximum atomic E-state index is 12.2. The standard InChI is InChI=1S/C18H20N2O4/c1-19-18(22)12-4-6-14(7-5-12)20-17(21)11-13-10-15(23-2)8-9-16(13)24-3/h4-10H,11H2,1-3H3,(H,19,22)(H,20,21). The van der Waals surface area contributed by atoms with Gasteiger partial charge in [0, 0.05) is 23.9 Å². The molecular weight excluding hydrogens is 308 g/mol. The molecule has 6 nitrogen and oxygen atoms in total. The van der Waals surface area contributed by atoms with Crippen molar-refractivity contribution in [1.82, 2.24) is 5.32 Å². The number of nitrogens with one attached hydrogen (secondary N) is 2. The number of amides is 2. The third kappa shape index (κ3) is 4.25. The molecule has 0 radical (unpaired) electrons. The van der Waals surface area contributed by atoms with Crippen LogP contribution < -0.4 is 20.1 Å². The number of methoxy groups -OCH3 is 2. The fourth-order valence-corrected chi connectivity index (χ4v) is 2.25. The Labute approximate surface area is 140 Å². The van der Waals surface area contributed by atoms with Gasteiger partial charge in [-0.1, -0.05) is 0 Å². The zero-order chi connectivity index (χ0) is 17.5. The minimum atomic E-state index is -0.186. The Morgan fingerprint density at radius 3 is 2.29 bits per heavy atom. The van der Waals surface area contributed by atoms with Gasteiger partial charge < -0.3 is 20.1 Å². The first-order valence-corrected chi connectivity index (χ1v) is 7.40. The SMILES string of the molecule is CNC(=O)c1ccc(NC(=O)Cc2cc(OC)ccc2OC)cc1. The van der Waals surface area contributed by atoms with E-state index in [-0.39, 0.29) is 18.2 Å². The summed E-state index contributed by atoms with van der Waals surface area (Å²) in [5.74, 6) is 0.928. The molecule has 0 spiro atoms. The Kier molecular flexibility index (Phi) is 5.78. The average molecular weight is 328 g/mol. The molecule has 0 aromatic heterocycles. The van der Waals surface area contributed by atoms with Crippen LogP contribution in [0.15, 0.2) is 42.5 Å². The molecule has 0 saturated heterocycles. The zero-order valence-corrected chi connectivity index (χ0v) is 13.9. The van der Waals surface area contributed by atoms with E-state index in [4.69, 9.17) is 9.47 Å². The smallest absolute Gasteiger partial charge is 0.251 e. The van der Waals surface area contributed by atoms with Crippen molar-refractivity contribution in [3.8, 4) is 11.5 Å². The van der Waals surface area contributed by atoms with E-state index in [0.29, 0.717) is 22.7 Å². The van der Waals surface area contributed by atoms with Gasteiger partial charge >= 0.3 is 0 Å². The highest BCUT2D eigenvalue weighted by Crippen LogP contribution is 2.24. The Balaban J connectivity index is 2.07. The predicted octanol–water partition coefficient (Wildman–Crippen LogP) is 2.24. The van der Waals surface area contributed by atoms with Crippen LogP contribution in [0.1, 0.15) is 15.9 Å². The van der Waals surface area contributed by atoms with Crippen LogP contribution in [0.5, 0.6) is 11.5 Å². The van der Waals surface area contributed by atoms with E-state index in [1.165, 1.54) is 0 Å². The van der Waals surface area contributed by atoms with Gasteiger partial charge in [-0.05, 0) is 42.5 Å². The predicted molar refractivity (Wildman–Crippen MR) is 91.7 cm³/mol. The summed E-state index contributed by atoms with van der Waals surface area (Å²) in [6.07, 6.45) is 0.150. The molecular formula is C18H20N2O4. The second kappa shape index (κ2) is 8.01. The molecule has 2 N–H and O–H groups in total. The van der Waals surface area contributed by atoms with Gasteiger partial charge in [-0.15, -0.1) is 0 Å². The Hall–Kier alpha value is -3.02. The molecule has 0 saturated carbocycles. The summed E-state index contributed by atoms with van der Waals surface area (Å²) in [5.41, 5.74) is 1.89. The third-order valence-electron chi connectivity index (χ3n) is 3.50. The lowest BCUT2D eigenvalue weighted by molar-refractivity contribution is -0.115. The number of hydrogen-bond donors (Lipinski definition) is 2. The maximum Gasteiger partial charge on any atom is 0.251 e. The molecule has 0 aliphatic rings. The number of rotatable bonds is 6. The molecule has 2 amide bonds. The summed E-state index contributed by atoms with van der Waals surface area (Å²) >= 11 is 0. The molecule has 0 aliphatic heterocycles. The van der Waals surface area contributed by atoms with Crippen molar-refractivity contribution in [2.45, 2.75) is 6.42 Å². The Bertz CT molecular complexity index is 726. The summed E-state index contributed by atoms with van der Waals surface area (Å²) < 4.78 is 10.4. The molecule has 0 fully saturated rings. The summed E-state index contributed by atoms with van der Waals surface area (Å²) in [6.45, 7) is 0. The first kappa shape index (κ1) is 17.3. The summed E-state index contributed by atoms with van der Waals surface area (Å²) in [7, 11) is 4.69. The van der Waals surface area contributed by atoms with E-state index in [1.54, 1.807) is 63.7 Å². The van der Waals surface area contributed by atoms with Gasteiger partial charge in [-0.2, -0.15) is 0 Å². The van der Waals surface area contributed by atoms with E-state index in [0.717, 1.165) is 5.56 Å². The van der Waals surface area contributed by atoms with E-state index >= 15 is 0 Å². The van der Waals surface area contributed by atoms with Crippen LogP contribution in [0.3, 0.4) is 0 Å². The van der Waals surface area contributed by atoms with Crippen molar-refractivity contribution in [3.05, 3.63) is 53.6 Å². The normalized spacial score (nSPS) is 9.96. The number of hydrogen-bond acceptors (Lipinski definition) is 4. The molecule has 0 aliphatic carbocycles. The maximum absolute atomic E-state index is 12.2. The first-order chi connectivity index (χ1) is 11.6. The molecule has 2 aromatic carbocycles. The van der Waals surface area contributed by atoms with Crippen LogP contribution in [0.2, 0.25) is 0 Å². The third-order valence-corrected chi connectivity index (χ3v) is 3.50. The van der Waals surface area contributed by atoms with Gasteiger partial charge in [-0.3, -0.25) is 9.59 Å². The molecule has 6 heteroatoms. The first-order valence-electron chi connectivity index (χ1n) is 7.40. The lowest BCUT2D eigenvalue weighted by Gasteiger charge is -2.11. The highest BCUT2D eigenvalue weighted by atomic mass is 16.5. The van der Waals surface area contributed by atoms with Gasteiger partial charge in [0.2, 0.25) is 5.91 Å². The lowest BCUT2D eigenvalue weighted by Crippen LogP contribution is -2.18. The van der Waals surface area contributed by atoms with Gasteiger partial charge in [0.05, 0.1) is 20.6 Å². The molecule has 2 aromatic rings. The quantitative estimate of drug-likeness (QED) is 0.853. The van der Waals surface area contributed by atoms with E-state index in [2.05, 4.69) is 10.6 Å². The molecule has 126 valence electrons. The van der Waals surface area contributed by atoms with Crippen LogP contribution in [0, 0.1) is 0 Å². The molecule has 0 heterocycles. The van der Waals surface area contributed by atoms with Crippen molar-refractivity contribution in [1.29, 1.82) is 0 Å². The summed E-state index contributed by atoms with van der Waals surface area (Å²) in [5, 5.41) is 5.34. The molecule has 0 atom stereocenters. The van der Waals surface area contributed by atoms with E-state index in [9.17, 15) is 9.59 Å². The Morgan fingerprint density at radius 2 is 1.71 bits per heavy atom. The Morgan fingerprint density at radius 1 is 1.00 bits per heavy atom. The second-order valence-corrected chi connectivity index (χ2v) is 5.06. The zero-order valence-electron chi connectivity index (χ0n) is 13.9. The number of ether oxygens (including phenoxy) is 2. The summed E-state index contributed by atoms with van der Waals surface area (Å²) in [4.78, 5) is 23.7. The molecule has 0 bridgehead atoms. The molecule has 0 unspecified atom stereocenters. The largest absolute Gasteiger partial charge is 0.497 e. The second-order valence-electron chi connectivity index (χ2n) is 5.06. The van der Waals surface area contributed by atoms with Crippen molar-refractivity contribution >= 4 is 17.5 Å². The van der Waals surface area contributed by atoms with Gasteiger partial charge in [0.1, 0.15) is 11.5 Å². The van der Waals surface area contributed by atoms with Gasteiger partial charge in [0.15, 0.2) is 0 Å². The summed E-state index contributed by atoms with van der Waals surface area (Å²) in [6, 6.07) is 12.0. The van der Waals surface area contributed by atoms with Gasteiger partial charge in [-0.25, -0.2) is 0 Å². The number of carbonyl (C=O) groups excluding carboxylic acids is 2. The topological polar surface area (TPSA) is 76.7 Å². The number of anilines is 1. The van der Waals surface area contributed by atoms with Crippen LogP contribution >= 0.6 is 0 Å². The van der Waals surface area contributed by atoms with Crippen molar-refractivity contribution in [2.24, 2.45) is 0 Å². The van der Waals surface area contributed by atoms with E-state index < -0.39 is 0 Å². The average Bonchev–Trinajstić information content (AvgIpc) is 2.61.